The van der Waals surface area contributed by atoms with E-state index in [4.69, 9.17) is 10.1 Å². The summed E-state index contributed by atoms with van der Waals surface area (Å²) in [6.07, 6.45) is 10.5. The van der Waals surface area contributed by atoms with Gasteiger partial charge in [-0.15, -0.1) is 0 Å². The molecule has 1 saturated heterocycles. The van der Waals surface area contributed by atoms with Crippen molar-refractivity contribution in [3.63, 3.8) is 0 Å². The average Bonchev–Trinajstić information content (AvgIpc) is 3.65. The Morgan fingerprint density at radius 2 is 1.63 bits per heavy atom. The molecule has 2 aliphatic carbocycles. The van der Waals surface area contributed by atoms with E-state index in [2.05, 4.69) is 20.8 Å². The number of amides is 2. The van der Waals surface area contributed by atoms with E-state index in [9.17, 15) is 9.59 Å². The molecular formula is C28H41N5O2. The molecule has 0 unspecified atom stereocenters. The van der Waals surface area contributed by atoms with Gasteiger partial charge < -0.3 is 9.80 Å². The molecule has 3 fully saturated rings. The summed E-state index contributed by atoms with van der Waals surface area (Å²) >= 11 is 0. The molecule has 3 aliphatic rings. The lowest BCUT2D eigenvalue weighted by Gasteiger charge is -2.35. The summed E-state index contributed by atoms with van der Waals surface area (Å²) in [5.41, 5.74) is 3.19. The van der Waals surface area contributed by atoms with E-state index >= 15 is 0 Å². The molecule has 1 aliphatic heterocycles. The highest BCUT2D eigenvalue weighted by atomic mass is 16.2. The van der Waals surface area contributed by atoms with Crippen LogP contribution in [0.1, 0.15) is 106 Å². The van der Waals surface area contributed by atoms with Crippen LogP contribution in [0.3, 0.4) is 0 Å². The van der Waals surface area contributed by atoms with Crippen LogP contribution in [-0.2, 0) is 10.3 Å². The molecule has 0 spiro atoms. The molecule has 2 saturated carbocycles. The lowest BCUT2D eigenvalue weighted by molar-refractivity contribution is -0.133. The number of hydrogen-bond donors (Lipinski definition) is 0. The van der Waals surface area contributed by atoms with E-state index in [0.717, 1.165) is 53.2 Å². The topological polar surface area (TPSA) is 71.3 Å². The summed E-state index contributed by atoms with van der Waals surface area (Å²) in [5.74, 6) is 1.48. The number of rotatable bonds is 5. The normalized spacial score (nSPS) is 20.0. The molecule has 0 radical (unpaired) electrons. The van der Waals surface area contributed by atoms with Crippen molar-refractivity contribution in [2.24, 2.45) is 5.92 Å². The first-order valence-corrected chi connectivity index (χ1v) is 13.7. The van der Waals surface area contributed by atoms with Gasteiger partial charge in [-0.2, -0.15) is 5.10 Å². The largest absolute Gasteiger partial charge is 0.339 e. The maximum atomic E-state index is 13.8. The molecule has 0 aromatic carbocycles. The number of pyridine rings is 1. The zero-order valence-electron chi connectivity index (χ0n) is 22.0. The second kappa shape index (κ2) is 9.55. The van der Waals surface area contributed by atoms with Crippen molar-refractivity contribution in [2.75, 3.05) is 26.2 Å². The van der Waals surface area contributed by atoms with Crippen molar-refractivity contribution < 1.29 is 9.59 Å². The Bertz CT molecular complexity index is 1100. The molecule has 7 nitrogen and oxygen atoms in total. The molecule has 2 aromatic heterocycles. The fourth-order valence-electron chi connectivity index (χ4n) is 5.82. The summed E-state index contributed by atoms with van der Waals surface area (Å²) in [5, 5.41) is 5.67. The zero-order chi connectivity index (χ0) is 24.7. The third kappa shape index (κ3) is 5.10. The van der Waals surface area contributed by atoms with Crippen LogP contribution in [0.4, 0.5) is 0 Å². The quantitative estimate of drug-likeness (QED) is 0.604. The Morgan fingerprint density at radius 3 is 2.26 bits per heavy atom. The highest BCUT2D eigenvalue weighted by molar-refractivity contribution is 6.06. The van der Waals surface area contributed by atoms with E-state index in [1.54, 1.807) is 0 Å². The number of fused-ring (bicyclic) bond motifs is 1. The number of piperazine rings is 1. The minimum Gasteiger partial charge on any atom is -0.339 e. The maximum Gasteiger partial charge on any atom is 0.254 e. The molecule has 0 N–H and O–H groups in total. The van der Waals surface area contributed by atoms with Crippen LogP contribution in [0.15, 0.2) is 6.07 Å². The standard InChI is InChI=1S/C28H41N5O2/c1-19-25-22(18-23(21-11-12-21)29-26(25)33(30-19)28(2,3)4)27(35)32-16-14-31(15-17-32)24(34)13-10-20-8-6-5-7-9-20/h18,20-21H,5-17H2,1-4H3. The molecule has 35 heavy (non-hydrogen) atoms. The molecule has 7 heteroatoms. The van der Waals surface area contributed by atoms with Gasteiger partial charge in [0.2, 0.25) is 5.91 Å². The molecule has 5 rings (SSSR count). The van der Waals surface area contributed by atoms with Crippen LogP contribution < -0.4 is 0 Å². The number of hydrogen-bond acceptors (Lipinski definition) is 4. The van der Waals surface area contributed by atoms with Crippen LogP contribution in [0.5, 0.6) is 0 Å². The summed E-state index contributed by atoms with van der Waals surface area (Å²) in [6.45, 7) is 10.8. The van der Waals surface area contributed by atoms with Crippen molar-refractivity contribution in [1.29, 1.82) is 0 Å². The van der Waals surface area contributed by atoms with Gasteiger partial charge in [-0.3, -0.25) is 9.59 Å². The number of carbonyl (C=O) groups is 2. The van der Waals surface area contributed by atoms with Gasteiger partial charge in [0.25, 0.3) is 5.91 Å². The lowest BCUT2D eigenvalue weighted by Crippen LogP contribution is -2.50. The number of carbonyl (C=O) groups excluding carboxylic acids is 2. The van der Waals surface area contributed by atoms with Gasteiger partial charge in [0.1, 0.15) is 0 Å². The minimum absolute atomic E-state index is 0.0464. The first-order valence-electron chi connectivity index (χ1n) is 13.7. The Balaban J connectivity index is 1.30. The fraction of sp³-hybridized carbons (Fsp3) is 0.714. The van der Waals surface area contributed by atoms with Crippen LogP contribution in [0.25, 0.3) is 11.0 Å². The Hall–Kier alpha value is -2.44. The summed E-state index contributed by atoms with van der Waals surface area (Å²) < 4.78 is 1.98. The Morgan fingerprint density at radius 1 is 0.971 bits per heavy atom. The number of nitrogens with zero attached hydrogens (tertiary/aromatic N) is 5. The molecular weight excluding hydrogens is 438 g/mol. The zero-order valence-corrected chi connectivity index (χ0v) is 22.0. The van der Waals surface area contributed by atoms with Crippen LogP contribution in [0, 0.1) is 12.8 Å². The van der Waals surface area contributed by atoms with Crippen LogP contribution in [-0.4, -0.2) is 62.6 Å². The smallest absolute Gasteiger partial charge is 0.254 e. The predicted octanol–water partition coefficient (Wildman–Crippen LogP) is 5.02. The fourth-order valence-corrected chi connectivity index (χ4v) is 5.82. The summed E-state index contributed by atoms with van der Waals surface area (Å²) in [4.78, 5) is 35.5. The van der Waals surface area contributed by atoms with Gasteiger partial charge in [-0.1, -0.05) is 32.1 Å². The predicted molar refractivity (Wildman–Crippen MR) is 138 cm³/mol. The van der Waals surface area contributed by atoms with Gasteiger partial charge in [0.15, 0.2) is 5.65 Å². The van der Waals surface area contributed by atoms with E-state index in [-0.39, 0.29) is 17.4 Å². The number of aryl methyl sites for hydroxylation is 1. The summed E-state index contributed by atoms with van der Waals surface area (Å²) in [7, 11) is 0. The van der Waals surface area contributed by atoms with Crippen LogP contribution >= 0.6 is 0 Å². The molecule has 3 heterocycles. The maximum absolute atomic E-state index is 13.8. The van der Waals surface area contributed by atoms with Crippen molar-refractivity contribution >= 4 is 22.8 Å². The molecule has 0 bridgehead atoms. The van der Waals surface area contributed by atoms with Crippen LogP contribution in [0.2, 0.25) is 0 Å². The molecule has 0 atom stereocenters. The van der Waals surface area contributed by atoms with Crippen molar-refractivity contribution in [2.45, 2.75) is 96.9 Å². The lowest BCUT2D eigenvalue weighted by atomic mass is 9.86. The van der Waals surface area contributed by atoms with Gasteiger partial charge in [0.05, 0.1) is 22.2 Å². The minimum atomic E-state index is -0.217. The van der Waals surface area contributed by atoms with Crippen molar-refractivity contribution in [3.8, 4) is 0 Å². The molecule has 2 amide bonds. The first kappa shape index (κ1) is 24.3. The highest BCUT2D eigenvalue weighted by Crippen LogP contribution is 2.41. The third-order valence-corrected chi connectivity index (χ3v) is 8.10. The van der Waals surface area contributed by atoms with Gasteiger partial charge in [0, 0.05) is 44.2 Å². The van der Waals surface area contributed by atoms with E-state index < -0.39 is 0 Å². The average molecular weight is 480 g/mol. The van der Waals surface area contributed by atoms with E-state index in [1.165, 1.54) is 32.1 Å². The van der Waals surface area contributed by atoms with E-state index in [1.807, 2.05) is 27.5 Å². The van der Waals surface area contributed by atoms with Gasteiger partial charge in [-0.05, 0) is 58.9 Å². The third-order valence-electron chi connectivity index (χ3n) is 8.10. The van der Waals surface area contributed by atoms with Crippen molar-refractivity contribution in [1.82, 2.24) is 24.6 Å². The molecule has 190 valence electrons. The monoisotopic (exact) mass is 479 g/mol. The first-order chi connectivity index (χ1) is 16.7. The Labute approximate surface area is 209 Å². The SMILES string of the molecule is Cc1nn(C(C)(C)C)c2nc(C3CC3)cc(C(=O)N3CCN(C(=O)CCC4CCCCC4)CC3)c12. The van der Waals surface area contributed by atoms with Gasteiger partial charge >= 0.3 is 0 Å². The van der Waals surface area contributed by atoms with E-state index in [0.29, 0.717) is 38.5 Å². The summed E-state index contributed by atoms with van der Waals surface area (Å²) in [6, 6.07) is 2.02. The number of aromatic nitrogens is 3. The second-order valence-electron chi connectivity index (χ2n) is 12.0. The van der Waals surface area contributed by atoms with Gasteiger partial charge in [-0.25, -0.2) is 9.67 Å². The highest BCUT2D eigenvalue weighted by Gasteiger charge is 2.32. The Kier molecular flexibility index (Phi) is 6.62. The van der Waals surface area contributed by atoms with Crippen molar-refractivity contribution in [3.05, 3.63) is 23.0 Å². The molecule has 2 aromatic rings. The second-order valence-corrected chi connectivity index (χ2v) is 12.0.